The molecule has 0 saturated heterocycles. The average molecular weight is 259 g/mol. The molecule has 0 heterocycles. The Hall–Kier alpha value is -0.400. The highest BCUT2D eigenvalue weighted by atomic mass is 35.5. The number of rotatable bonds is 3. The zero-order chi connectivity index (χ0) is 11.8. The van der Waals surface area contributed by atoms with Crippen molar-refractivity contribution < 1.29 is 4.74 Å². The molecule has 16 heavy (non-hydrogen) atoms. The number of ether oxygens (including phenoxy) is 1. The largest absolute Gasteiger partial charge is 0.488 e. The van der Waals surface area contributed by atoms with Gasteiger partial charge in [-0.05, 0) is 18.6 Å². The van der Waals surface area contributed by atoms with Gasteiger partial charge in [0.15, 0.2) is 0 Å². The van der Waals surface area contributed by atoms with Crippen LogP contribution in [0.15, 0.2) is 24.3 Å². The van der Waals surface area contributed by atoms with Crippen molar-refractivity contribution in [2.75, 3.05) is 0 Å². The molecule has 0 aromatic heterocycles. The Labute approximate surface area is 107 Å². The van der Waals surface area contributed by atoms with E-state index in [1.807, 2.05) is 24.3 Å². The highest BCUT2D eigenvalue weighted by Crippen LogP contribution is 2.49. The summed E-state index contributed by atoms with van der Waals surface area (Å²) in [7, 11) is 0. The number of alkyl halides is 1. The van der Waals surface area contributed by atoms with Crippen LogP contribution in [0.25, 0.3) is 0 Å². The van der Waals surface area contributed by atoms with Crippen LogP contribution in [0.2, 0.25) is 5.02 Å². The van der Waals surface area contributed by atoms with Crippen LogP contribution in [0.1, 0.15) is 26.7 Å². The van der Waals surface area contributed by atoms with E-state index >= 15 is 0 Å². The summed E-state index contributed by atoms with van der Waals surface area (Å²) in [6.07, 6.45) is 2.10. The fraction of sp³-hybridized carbons (Fsp3) is 0.538. The lowest BCUT2D eigenvalue weighted by atomic mass is 9.65. The van der Waals surface area contributed by atoms with E-state index in [1.54, 1.807) is 0 Å². The van der Waals surface area contributed by atoms with Gasteiger partial charge >= 0.3 is 0 Å². The lowest BCUT2D eigenvalue weighted by molar-refractivity contribution is -0.0294. The van der Waals surface area contributed by atoms with Gasteiger partial charge in [-0.25, -0.2) is 0 Å². The topological polar surface area (TPSA) is 9.23 Å². The molecule has 2 rings (SSSR count). The molecule has 1 fully saturated rings. The Bertz CT molecular complexity index is 380. The monoisotopic (exact) mass is 258 g/mol. The van der Waals surface area contributed by atoms with Crippen LogP contribution >= 0.6 is 23.2 Å². The van der Waals surface area contributed by atoms with Crippen LogP contribution in [0.4, 0.5) is 0 Å². The third kappa shape index (κ3) is 1.91. The van der Waals surface area contributed by atoms with Gasteiger partial charge in [-0.15, -0.1) is 11.6 Å². The predicted octanol–water partition coefficient (Wildman–Crippen LogP) is 4.51. The number of hydrogen-bond donors (Lipinski definition) is 0. The standard InChI is InChI=1S/C13H16Cl2O/c1-3-13(2)11(15)8-12(13)16-10-7-5-4-6-9(10)14/h4-7,11-12H,3,8H2,1-2H3. The zero-order valence-electron chi connectivity index (χ0n) is 9.54. The average Bonchev–Trinajstić information content (AvgIpc) is 2.30. The fourth-order valence-electron chi connectivity index (χ4n) is 2.09. The smallest absolute Gasteiger partial charge is 0.138 e. The molecule has 1 aliphatic carbocycles. The molecule has 3 unspecified atom stereocenters. The van der Waals surface area contributed by atoms with Gasteiger partial charge in [-0.2, -0.15) is 0 Å². The van der Waals surface area contributed by atoms with Gasteiger partial charge in [0, 0.05) is 17.2 Å². The maximum Gasteiger partial charge on any atom is 0.138 e. The van der Waals surface area contributed by atoms with Crippen molar-refractivity contribution in [3.05, 3.63) is 29.3 Å². The molecule has 0 bridgehead atoms. The molecule has 1 aromatic rings. The summed E-state index contributed by atoms with van der Waals surface area (Å²) >= 11 is 12.3. The summed E-state index contributed by atoms with van der Waals surface area (Å²) in [4.78, 5) is 0. The van der Waals surface area contributed by atoms with Crippen molar-refractivity contribution in [2.45, 2.75) is 38.2 Å². The fourth-order valence-corrected chi connectivity index (χ4v) is 2.73. The molecule has 3 atom stereocenters. The summed E-state index contributed by atoms with van der Waals surface area (Å²) < 4.78 is 5.94. The van der Waals surface area contributed by atoms with Crippen molar-refractivity contribution in [3.8, 4) is 5.75 Å². The van der Waals surface area contributed by atoms with Crippen molar-refractivity contribution >= 4 is 23.2 Å². The summed E-state index contributed by atoms with van der Waals surface area (Å²) in [6, 6.07) is 7.58. The minimum absolute atomic E-state index is 0.0702. The Morgan fingerprint density at radius 2 is 2.12 bits per heavy atom. The first-order valence-electron chi connectivity index (χ1n) is 5.63. The van der Waals surface area contributed by atoms with Crippen LogP contribution in [0.3, 0.4) is 0 Å². The second-order valence-corrected chi connectivity index (χ2v) is 5.53. The molecule has 88 valence electrons. The lowest BCUT2D eigenvalue weighted by Crippen LogP contribution is -2.55. The van der Waals surface area contributed by atoms with Crippen LogP contribution < -0.4 is 4.74 Å². The first-order valence-corrected chi connectivity index (χ1v) is 6.44. The minimum atomic E-state index is 0.0702. The SMILES string of the molecule is CCC1(C)C(Cl)CC1Oc1ccccc1Cl. The van der Waals surface area contributed by atoms with Gasteiger partial charge in [-0.1, -0.05) is 37.6 Å². The molecule has 1 aliphatic rings. The first kappa shape index (κ1) is 12.1. The molecule has 0 spiro atoms. The van der Waals surface area contributed by atoms with Gasteiger partial charge in [-0.3, -0.25) is 0 Å². The Kier molecular flexibility index (Phi) is 3.37. The molecule has 3 heteroatoms. The van der Waals surface area contributed by atoms with E-state index in [9.17, 15) is 0 Å². The van der Waals surface area contributed by atoms with Crippen molar-refractivity contribution in [3.63, 3.8) is 0 Å². The minimum Gasteiger partial charge on any atom is -0.488 e. The van der Waals surface area contributed by atoms with Crippen molar-refractivity contribution in [1.29, 1.82) is 0 Å². The van der Waals surface area contributed by atoms with Crippen LogP contribution in [0.5, 0.6) is 5.75 Å². The van der Waals surface area contributed by atoms with Crippen molar-refractivity contribution in [2.24, 2.45) is 5.41 Å². The quantitative estimate of drug-likeness (QED) is 0.725. The lowest BCUT2D eigenvalue weighted by Gasteiger charge is -2.50. The van der Waals surface area contributed by atoms with E-state index < -0.39 is 0 Å². The number of para-hydroxylation sites is 1. The molecular formula is C13H16Cl2O. The Morgan fingerprint density at radius 1 is 1.44 bits per heavy atom. The van der Waals surface area contributed by atoms with Gasteiger partial charge in [0.05, 0.1) is 5.02 Å². The zero-order valence-corrected chi connectivity index (χ0v) is 11.1. The van der Waals surface area contributed by atoms with Gasteiger partial charge < -0.3 is 4.74 Å². The summed E-state index contributed by atoms with van der Waals surface area (Å²) in [5.74, 6) is 0.761. The van der Waals surface area contributed by atoms with Gasteiger partial charge in [0.25, 0.3) is 0 Å². The molecule has 1 saturated carbocycles. The first-order chi connectivity index (χ1) is 7.58. The van der Waals surface area contributed by atoms with E-state index in [1.165, 1.54) is 0 Å². The van der Waals surface area contributed by atoms with Crippen LogP contribution in [-0.4, -0.2) is 11.5 Å². The predicted molar refractivity (Wildman–Crippen MR) is 68.5 cm³/mol. The molecule has 1 aromatic carbocycles. The molecule has 0 aliphatic heterocycles. The van der Waals surface area contributed by atoms with E-state index in [2.05, 4.69) is 13.8 Å². The van der Waals surface area contributed by atoms with Crippen molar-refractivity contribution in [1.82, 2.24) is 0 Å². The van der Waals surface area contributed by atoms with Crippen LogP contribution in [-0.2, 0) is 0 Å². The third-order valence-corrected chi connectivity index (χ3v) is 4.73. The second kappa shape index (κ2) is 4.46. The highest BCUT2D eigenvalue weighted by Gasteiger charge is 2.51. The van der Waals surface area contributed by atoms with E-state index in [0.717, 1.165) is 18.6 Å². The Balaban J connectivity index is 2.10. The van der Waals surface area contributed by atoms with E-state index in [-0.39, 0.29) is 16.9 Å². The number of benzene rings is 1. The maximum atomic E-state index is 6.24. The molecule has 0 amide bonds. The molecular weight excluding hydrogens is 243 g/mol. The normalized spacial score (nSPS) is 33.2. The third-order valence-electron chi connectivity index (χ3n) is 3.74. The van der Waals surface area contributed by atoms with Gasteiger partial charge in [0.1, 0.15) is 11.9 Å². The molecule has 0 N–H and O–H groups in total. The highest BCUT2D eigenvalue weighted by molar-refractivity contribution is 6.32. The summed E-state index contributed by atoms with van der Waals surface area (Å²) in [6.45, 7) is 4.33. The van der Waals surface area contributed by atoms with Gasteiger partial charge in [0.2, 0.25) is 0 Å². The van der Waals surface area contributed by atoms with Crippen LogP contribution in [0, 0.1) is 5.41 Å². The Morgan fingerprint density at radius 3 is 2.69 bits per heavy atom. The van der Waals surface area contributed by atoms with E-state index in [4.69, 9.17) is 27.9 Å². The summed E-state index contributed by atoms with van der Waals surface area (Å²) in [5.41, 5.74) is 0.0702. The maximum absolute atomic E-state index is 6.24. The number of halogens is 2. The summed E-state index contributed by atoms with van der Waals surface area (Å²) in [5, 5.41) is 0.879. The molecule has 0 radical (unpaired) electrons. The van der Waals surface area contributed by atoms with E-state index in [0.29, 0.717) is 5.02 Å². The number of hydrogen-bond acceptors (Lipinski definition) is 1. The molecule has 1 nitrogen and oxygen atoms in total. The second-order valence-electron chi connectivity index (χ2n) is 4.60.